The van der Waals surface area contributed by atoms with Gasteiger partial charge in [-0.15, -0.1) is 0 Å². The highest BCUT2D eigenvalue weighted by atomic mass is 16.5. The van der Waals surface area contributed by atoms with Gasteiger partial charge < -0.3 is 20.5 Å². The van der Waals surface area contributed by atoms with Crippen LogP contribution < -0.4 is 15.8 Å². The molecule has 1 amide bonds. The van der Waals surface area contributed by atoms with E-state index in [9.17, 15) is 4.79 Å². The Hall–Kier alpha value is -1.59. The zero-order valence-corrected chi connectivity index (χ0v) is 13.9. The van der Waals surface area contributed by atoms with Crippen molar-refractivity contribution in [2.75, 3.05) is 14.2 Å². The van der Waals surface area contributed by atoms with Gasteiger partial charge in [0.25, 0.3) is 0 Å². The number of carbonyl (C=O) groups is 1. The molecule has 1 unspecified atom stereocenters. The van der Waals surface area contributed by atoms with Crippen molar-refractivity contribution in [2.24, 2.45) is 5.73 Å². The van der Waals surface area contributed by atoms with Crippen LogP contribution in [-0.2, 0) is 21.5 Å². The van der Waals surface area contributed by atoms with Crippen LogP contribution in [0.25, 0.3) is 0 Å². The number of amides is 1. The molecule has 1 saturated carbocycles. The van der Waals surface area contributed by atoms with E-state index in [0.717, 1.165) is 49.0 Å². The lowest BCUT2D eigenvalue weighted by Crippen LogP contribution is -2.53. The maximum atomic E-state index is 12.8. The monoisotopic (exact) mass is 318 g/mol. The minimum Gasteiger partial charge on any atom is -0.496 e. The lowest BCUT2D eigenvalue weighted by atomic mass is 9.89. The third-order valence-corrected chi connectivity index (χ3v) is 5.35. The normalized spacial score (nSPS) is 29.9. The number of ether oxygens (including phenoxy) is 2. The first-order valence-electron chi connectivity index (χ1n) is 8.37. The van der Waals surface area contributed by atoms with Crippen LogP contribution in [0.15, 0.2) is 18.2 Å². The average molecular weight is 318 g/mol. The Morgan fingerprint density at radius 3 is 2.65 bits per heavy atom. The standard InChI is InChI=1S/C18H26N2O3/c1-22-13-8-6-12(7-9-13)20-17(21)18(19)11-10-14-15(18)4-3-5-16(14)23-2/h3-5,12-13H,6-11,19H2,1-2H3,(H,20,21). The van der Waals surface area contributed by atoms with Gasteiger partial charge in [0.15, 0.2) is 0 Å². The third kappa shape index (κ3) is 2.95. The zero-order chi connectivity index (χ0) is 16.4. The minimum absolute atomic E-state index is 0.0645. The first kappa shape index (κ1) is 16.3. The molecule has 1 aromatic carbocycles. The Bertz CT molecular complexity index is 582. The van der Waals surface area contributed by atoms with Gasteiger partial charge in [0.1, 0.15) is 11.3 Å². The molecule has 0 radical (unpaired) electrons. The fraction of sp³-hybridized carbons (Fsp3) is 0.611. The van der Waals surface area contributed by atoms with E-state index in [2.05, 4.69) is 5.32 Å². The summed E-state index contributed by atoms with van der Waals surface area (Å²) in [7, 11) is 3.40. The van der Waals surface area contributed by atoms with E-state index in [4.69, 9.17) is 15.2 Å². The number of carbonyl (C=O) groups excluding carboxylic acids is 1. The number of hydrogen-bond acceptors (Lipinski definition) is 4. The number of nitrogens with two attached hydrogens (primary N) is 1. The van der Waals surface area contributed by atoms with E-state index in [1.807, 2.05) is 18.2 Å². The summed E-state index contributed by atoms with van der Waals surface area (Å²) in [5, 5.41) is 3.16. The Morgan fingerprint density at radius 2 is 2.00 bits per heavy atom. The van der Waals surface area contributed by atoms with Crippen molar-refractivity contribution in [3.63, 3.8) is 0 Å². The Kier molecular flexibility index (Phi) is 4.60. The number of benzene rings is 1. The van der Waals surface area contributed by atoms with E-state index >= 15 is 0 Å². The molecule has 0 heterocycles. The first-order chi connectivity index (χ1) is 11.1. The molecular weight excluding hydrogens is 292 g/mol. The molecule has 0 saturated heterocycles. The maximum absolute atomic E-state index is 12.8. The van der Waals surface area contributed by atoms with Crippen molar-refractivity contribution in [1.29, 1.82) is 0 Å². The molecule has 1 fully saturated rings. The summed E-state index contributed by atoms with van der Waals surface area (Å²) in [5.74, 6) is 0.758. The number of methoxy groups -OCH3 is 2. The van der Waals surface area contributed by atoms with Crippen molar-refractivity contribution < 1.29 is 14.3 Å². The molecule has 2 aliphatic rings. The largest absolute Gasteiger partial charge is 0.496 e. The second-order valence-electron chi connectivity index (χ2n) is 6.64. The van der Waals surface area contributed by atoms with Crippen molar-refractivity contribution in [3.8, 4) is 5.75 Å². The zero-order valence-electron chi connectivity index (χ0n) is 13.9. The van der Waals surface area contributed by atoms with E-state index in [-0.39, 0.29) is 11.9 Å². The van der Waals surface area contributed by atoms with Crippen LogP contribution in [0.2, 0.25) is 0 Å². The molecule has 3 rings (SSSR count). The van der Waals surface area contributed by atoms with Gasteiger partial charge in [0.05, 0.1) is 13.2 Å². The average Bonchev–Trinajstić information content (AvgIpc) is 2.94. The molecule has 5 nitrogen and oxygen atoms in total. The molecule has 1 aromatic rings. The summed E-state index contributed by atoms with van der Waals surface area (Å²) in [4.78, 5) is 12.8. The highest BCUT2D eigenvalue weighted by molar-refractivity contribution is 5.89. The van der Waals surface area contributed by atoms with E-state index in [1.165, 1.54) is 0 Å². The van der Waals surface area contributed by atoms with Gasteiger partial charge in [0.2, 0.25) is 5.91 Å². The smallest absolute Gasteiger partial charge is 0.244 e. The maximum Gasteiger partial charge on any atom is 0.244 e. The molecular formula is C18H26N2O3. The highest BCUT2D eigenvalue weighted by Crippen LogP contribution is 2.40. The Morgan fingerprint density at radius 1 is 1.26 bits per heavy atom. The second-order valence-corrected chi connectivity index (χ2v) is 6.64. The van der Waals surface area contributed by atoms with Crippen molar-refractivity contribution in [2.45, 2.75) is 56.2 Å². The number of fused-ring (bicyclic) bond motifs is 1. The molecule has 0 aromatic heterocycles. The van der Waals surface area contributed by atoms with Crippen LogP contribution in [0.1, 0.15) is 43.2 Å². The van der Waals surface area contributed by atoms with Crippen LogP contribution in [0.4, 0.5) is 0 Å². The highest BCUT2D eigenvalue weighted by Gasteiger charge is 2.43. The van der Waals surface area contributed by atoms with Gasteiger partial charge >= 0.3 is 0 Å². The van der Waals surface area contributed by atoms with Gasteiger partial charge in [-0.05, 0) is 55.7 Å². The number of rotatable bonds is 4. The number of nitrogens with one attached hydrogen (secondary N) is 1. The van der Waals surface area contributed by atoms with E-state index in [1.54, 1.807) is 14.2 Å². The SMILES string of the molecule is COc1cccc2c1CCC2(N)C(=O)NC1CCC(OC)CC1. The van der Waals surface area contributed by atoms with Crippen LogP contribution in [0.5, 0.6) is 5.75 Å². The molecule has 3 N–H and O–H groups in total. The van der Waals surface area contributed by atoms with Gasteiger partial charge in [-0.25, -0.2) is 0 Å². The molecule has 2 aliphatic carbocycles. The summed E-state index contributed by atoms with van der Waals surface area (Å²) in [6.07, 6.45) is 5.61. The van der Waals surface area contributed by atoms with Gasteiger partial charge in [0, 0.05) is 13.2 Å². The number of hydrogen-bond donors (Lipinski definition) is 2. The van der Waals surface area contributed by atoms with Crippen molar-refractivity contribution in [1.82, 2.24) is 5.32 Å². The van der Waals surface area contributed by atoms with Crippen LogP contribution in [-0.4, -0.2) is 32.3 Å². The van der Waals surface area contributed by atoms with Crippen LogP contribution >= 0.6 is 0 Å². The van der Waals surface area contributed by atoms with Crippen molar-refractivity contribution in [3.05, 3.63) is 29.3 Å². The molecule has 23 heavy (non-hydrogen) atoms. The first-order valence-corrected chi connectivity index (χ1v) is 8.37. The molecule has 1 atom stereocenters. The minimum atomic E-state index is -0.942. The molecule has 0 bridgehead atoms. The fourth-order valence-electron chi connectivity index (χ4n) is 3.88. The Balaban J connectivity index is 1.72. The Labute approximate surface area is 137 Å². The van der Waals surface area contributed by atoms with Gasteiger partial charge in [-0.2, -0.15) is 0 Å². The molecule has 126 valence electrons. The van der Waals surface area contributed by atoms with E-state index in [0.29, 0.717) is 12.5 Å². The predicted molar refractivity (Wildman–Crippen MR) is 88.4 cm³/mol. The van der Waals surface area contributed by atoms with Crippen LogP contribution in [0.3, 0.4) is 0 Å². The second kappa shape index (κ2) is 6.49. The summed E-state index contributed by atoms with van der Waals surface area (Å²) in [5.41, 5.74) is 7.54. The molecule has 5 heteroatoms. The summed E-state index contributed by atoms with van der Waals surface area (Å²) < 4.78 is 10.8. The summed E-state index contributed by atoms with van der Waals surface area (Å²) >= 11 is 0. The van der Waals surface area contributed by atoms with Crippen molar-refractivity contribution >= 4 is 5.91 Å². The fourth-order valence-corrected chi connectivity index (χ4v) is 3.88. The predicted octanol–water partition coefficient (Wildman–Crippen LogP) is 1.87. The van der Waals surface area contributed by atoms with Gasteiger partial charge in [-0.1, -0.05) is 12.1 Å². The summed E-state index contributed by atoms with van der Waals surface area (Å²) in [6.45, 7) is 0. The lowest BCUT2D eigenvalue weighted by molar-refractivity contribution is -0.127. The van der Waals surface area contributed by atoms with E-state index < -0.39 is 5.54 Å². The summed E-state index contributed by atoms with van der Waals surface area (Å²) in [6, 6.07) is 5.98. The topological polar surface area (TPSA) is 73.6 Å². The third-order valence-electron chi connectivity index (χ3n) is 5.35. The molecule has 0 aliphatic heterocycles. The van der Waals surface area contributed by atoms with Crippen LogP contribution in [0, 0.1) is 0 Å². The quantitative estimate of drug-likeness (QED) is 0.889. The molecule has 0 spiro atoms. The van der Waals surface area contributed by atoms with Gasteiger partial charge in [-0.3, -0.25) is 4.79 Å². The lowest BCUT2D eigenvalue weighted by Gasteiger charge is -2.32.